The van der Waals surface area contributed by atoms with Crippen LogP contribution in [0, 0.1) is 15.9 Å². The van der Waals surface area contributed by atoms with E-state index in [4.69, 9.17) is 4.74 Å². The van der Waals surface area contributed by atoms with Gasteiger partial charge in [-0.1, -0.05) is 24.3 Å². The van der Waals surface area contributed by atoms with Crippen LogP contribution in [0.3, 0.4) is 0 Å². The lowest BCUT2D eigenvalue weighted by Gasteiger charge is -2.21. The monoisotopic (exact) mass is 386 g/mol. The molecule has 1 unspecified atom stereocenters. The smallest absolute Gasteiger partial charge is 0.331 e. The Morgan fingerprint density at radius 3 is 2.64 bits per heavy atom. The van der Waals surface area contributed by atoms with E-state index in [1.54, 1.807) is 18.2 Å². The number of likely N-dealkylation sites (N-methyl/N-ethyl adjacent to an activating group) is 1. The Kier molecular flexibility index (Phi) is 6.97. The number of benzene rings is 2. The molecule has 0 aliphatic carbocycles. The summed E-state index contributed by atoms with van der Waals surface area (Å²) in [5.41, 5.74) is 0.697. The zero-order valence-corrected chi connectivity index (χ0v) is 15.4. The molecule has 0 aliphatic heterocycles. The van der Waals surface area contributed by atoms with E-state index >= 15 is 0 Å². The number of carbonyl (C=O) groups is 2. The molecule has 0 radical (unpaired) electrons. The number of nitro benzene ring substituents is 1. The van der Waals surface area contributed by atoms with Crippen molar-refractivity contribution in [2.24, 2.45) is 0 Å². The summed E-state index contributed by atoms with van der Waals surface area (Å²) < 4.78 is 18.3. The van der Waals surface area contributed by atoms with Crippen molar-refractivity contribution in [3.8, 4) is 0 Å². The average Bonchev–Trinajstić information content (AvgIpc) is 2.65. The first-order valence-electron chi connectivity index (χ1n) is 8.39. The maximum absolute atomic E-state index is 13.2. The molecule has 0 aromatic heterocycles. The van der Waals surface area contributed by atoms with E-state index in [9.17, 15) is 24.1 Å². The van der Waals surface area contributed by atoms with Crippen LogP contribution in [-0.2, 0) is 20.9 Å². The number of nitrogens with zero attached hydrogens (tertiary/aromatic N) is 2. The number of amides is 1. The van der Waals surface area contributed by atoms with Crippen LogP contribution in [0.1, 0.15) is 18.1 Å². The Bertz CT molecular complexity index is 913. The molecular weight excluding hydrogens is 367 g/mol. The number of carbonyl (C=O) groups excluding carboxylic acids is 2. The van der Waals surface area contributed by atoms with Gasteiger partial charge in [0.2, 0.25) is 0 Å². The SMILES string of the molecule is CC(OC(=O)/C=C/c1ccccc1[N+](=O)[O-])C(=O)N(C)Cc1cccc(F)c1. The zero-order chi connectivity index (χ0) is 20.7. The molecular formula is C20H19FN2O5. The first kappa shape index (κ1) is 20.8. The molecule has 1 amide bonds. The molecule has 0 saturated carbocycles. The van der Waals surface area contributed by atoms with E-state index < -0.39 is 28.7 Å². The Morgan fingerprint density at radius 2 is 1.96 bits per heavy atom. The lowest BCUT2D eigenvalue weighted by Crippen LogP contribution is -2.36. The number of hydrogen-bond donors (Lipinski definition) is 0. The lowest BCUT2D eigenvalue weighted by atomic mass is 10.1. The summed E-state index contributed by atoms with van der Waals surface area (Å²) in [5.74, 6) is -1.67. The first-order valence-corrected chi connectivity index (χ1v) is 8.39. The van der Waals surface area contributed by atoms with E-state index in [1.165, 1.54) is 55.3 Å². The van der Waals surface area contributed by atoms with Crippen LogP contribution in [0.2, 0.25) is 0 Å². The van der Waals surface area contributed by atoms with Crippen molar-refractivity contribution in [3.05, 3.63) is 81.7 Å². The summed E-state index contributed by atoms with van der Waals surface area (Å²) in [6.45, 7) is 1.58. The van der Waals surface area contributed by atoms with Gasteiger partial charge in [-0.2, -0.15) is 0 Å². The van der Waals surface area contributed by atoms with Crippen LogP contribution in [0.25, 0.3) is 6.08 Å². The molecule has 2 rings (SSSR count). The molecule has 146 valence electrons. The van der Waals surface area contributed by atoms with Crippen molar-refractivity contribution < 1.29 is 23.6 Å². The molecule has 0 saturated heterocycles. The summed E-state index contributed by atoms with van der Waals surface area (Å²) in [4.78, 5) is 36.0. The molecule has 2 aromatic rings. The van der Waals surface area contributed by atoms with Gasteiger partial charge in [-0.25, -0.2) is 9.18 Å². The third-order valence-corrected chi connectivity index (χ3v) is 3.86. The van der Waals surface area contributed by atoms with Gasteiger partial charge in [0.1, 0.15) is 5.82 Å². The molecule has 28 heavy (non-hydrogen) atoms. The highest BCUT2D eigenvalue weighted by Crippen LogP contribution is 2.19. The summed E-state index contributed by atoms with van der Waals surface area (Å²) in [5, 5.41) is 11.0. The molecule has 0 N–H and O–H groups in total. The van der Waals surface area contributed by atoms with Crippen molar-refractivity contribution in [2.45, 2.75) is 19.6 Å². The minimum absolute atomic E-state index is 0.148. The summed E-state index contributed by atoms with van der Waals surface area (Å²) >= 11 is 0. The number of para-hydroxylation sites is 1. The molecule has 0 aliphatic rings. The minimum atomic E-state index is -1.07. The van der Waals surface area contributed by atoms with Gasteiger partial charge < -0.3 is 9.64 Å². The maximum Gasteiger partial charge on any atom is 0.331 e. The second kappa shape index (κ2) is 9.40. The van der Waals surface area contributed by atoms with Gasteiger partial charge in [-0.05, 0) is 36.8 Å². The van der Waals surface area contributed by atoms with Crippen LogP contribution < -0.4 is 0 Å². The predicted octanol–water partition coefficient (Wildman–Crippen LogP) is 3.34. The fourth-order valence-electron chi connectivity index (χ4n) is 2.51. The van der Waals surface area contributed by atoms with Crippen LogP contribution >= 0.6 is 0 Å². The predicted molar refractivity (Wildman–Crippen MR) is 101 cm³/mol. The lowest BCUT2D eigenvalue weighted by molar-refractivity contribution is -0.385. The highest BCUT2D eigenvalue weighted by atomic mass is 19.1. The van der Waals surface area contributed by atoms with Gasteiger partial charge in [-0.3, -0.25) is 14.9 Å². The summed E-state index contributed by atoms with van der Waals surface area (Å²) in [6.07, 6.45) is 1.22. The third kappa shape index (κ3) is 5.73. The average molecular weight is 386 g/mol. The third-order valence-electron chi connectivity index (χ3n) is 3.86. The Labute approximate surface area is 161 Å². The second-order valence-electron chi connectivity index (χ2n) is 6.05. The number of ether oxygens (including phenoxy) is 1. The topological polar surface area (TPSA) is 89.7 Å². The number of hydrogen-bond acceptors (Lipinski definition) is 5. The van der Waals surface area contributed by atoms with Crippen molar-refractivity contribution in [2.75, 3.05) is 7.05 Å². The van der Waals surface area contributed by atoms with Crippen LogP contribution in [0.5, 0.6) is 0 Å². The molecule has 8 heteroatoms. The van der Waals surface area contributed by atoms with Gasteiger partial charge in [0.05, 0.1) is 10.5 Å². The van der Waals surface area contributed by atoms with Gasteiger partial charge >= 0.3 is 5.97 Å². The van der Waals surface area contributed by atoms with Crippen molar-refractivity contribution in [1.29, 1.82) is 0 Å². The standard InChI is InChI=1S/C20H19FN2O5/c1-14(20(25)22(2)13-15-6-5-8-17(21)12-15)28-19(24)11-10-16-7-3-4-9-18(16)23(26)27/h3-12,14H,13H2,1-2H3/b11-10+. The molecule has 0 bridgehead atoms. The fraction of sp³-hybridized carbons (Fsp3) is 0.200. The summed E-state index contributed by atoms with van der Waals surface area (Å²) in [7, 11) is 1.51. The molecule has 0 fully saturated rings. The molecule has 2 aromatic carbocycles. The molecule has 0 spiro atoms. The van der Waals surface area contributed by atoms with Crippen molar-refractivity contribution >= 4 is 23.6 Å². The van der Waals surface area contributed by atoms with E-state index in [0.29, 0.717) is 5.56 Å². The van der Waals surface area contributed by atoms with Gasteiger partial charge in [-0.15, -0.1) is 0 Å². The highest BCUT2D eigenvalue weighted by Gasteiger charge is 2.21. The Morgan fingerprint density at radius 1 is 1.25 bits per heavy atom. The quantitative estimate of drug-likeness (QED) is 0.315. The van der Waals surface area contributed by atoms with Crippen LogP contribution in [0.15, 0.2) is 54.6 Å². The van der Waals surface area contributed by atoms with E-state index in [0.717, 1.165) is 6.08 Å². The van der Waals surface area contributed by atoms with Gasteiger partial charge in [0.25, 0.3) is 11.6 Å². The van der Waals surface area contributed by atoms with Gasteiger partial charge in [0.15, 0.2) is 6.10 Å². The number of nitro groups is 1. The second-order valence-corrected chi connectivity index (χ2v) is 6.05. The van der Waals surface area contributed by atoms with E-state index in [1.807, 2.05) is 0 Å². The molecule has 0 heterocycles. The van der Waals surface area contributed by atoms with Crippen molar-refractivity contribution in [1.82, 2.24) is 4.90 Å². The largest absolute Gasteiger partial charge is 0.449 e. The number of halogens is 1. The number of rotatable bonds is 7. The van der Waals surface area contributed by atoms with Crippen molar-refractivity contribution in [3.63, 3.8) is 0 Å². The summed E-state index contributed by atoms with van der Waals surface area (Å²) in [6, 6.07) is 11.8. The van der Waals surface area contributed by atoms with Gasteiger partial charge in [0, 0.05) is 25.7 Å². The highest BCUT2D eigenvalue weighted by molar-refractivity contribution is 5.90. The van der Waals surface area contributed by atoms with Crippen LogP contribution in [-0.4, -0.2) is 34.9 Å². The zero-order valence-electron chi connectivity index (χ0n) is 15.4. The molecule has 7 nitrogen and oxygen atoms in total. The Balaban J connectivity index is 1.96. The maximum atomic E-state index is 13.2. The fourth-order valence-corrected chi connectivity index (χ4v) is 2.51. The minimum Gasteiger partial charge on any atom is -0.449 e. The Hall–Kier alpha value is -3.55. The van der Waals surface area contributed by atoms with E-state index in [2.05, 4.69) is 0 Å². The number of esters is 1. The van der Waals surface area contributed by atoms with E-state index in [-0.39, 0.29) is 17.8 Å². The van der Waals surface area contributed by atoms with Crippen LogP contribution in [0.4, 0.5) is 10.1 Å². The first-order chi connectivity index (χ1) is 13.3. The normalized spacial score (nSPS) is 11.8. The molecule has 1 atom stereocenters.